The van der Waals surface area contributed by atoms with Crippen LogP contribution in [0.5, 0.6) is 0 Å². The molecule has 0 radical (unpaired) electrons. The fourth-order valence-corrected chi connectivity index (χ4v) is 9.77. The molecule has 1 amide bonds. The first-order chi connectivity index (χ1) is 36.0. The van der Waals surface area contributed by atoms with Gasteiger partial charge < -0.3 is 28.8 Å². The predicted octanol–water partition coefficient (Wildman–Crippen LogP) is 18.8. The van der Waals surface area contributed by atoms with Crippen LogP contribution in [-0.2, 0) is 18.4 Å². The van der Waals surface area contributed by atoms with Gasteiger partial charge in [-0.1, -0.05) is 279 Å². The van der Waals surface area contributed by atoms with Gasteiger partial charge in [-0.15, -0.1) is 0 Å². The first kappa shape index (κ1) is 71.9. The van der Waals surface area contributed by atoms with Crippen molar-refractivity contribution < 1.29 is 32.9 Å². The molecular formula is C65H121N2O6P. The van der Waals surface area contributed by atoms with E-state index in [-0.39, 0.29) is 12.5 Å². The van der Waals surface area contributed by atoms with Crippen molar-refractivity contribution in [2.75, 3.05) is 40.9 Å². The fraction of sp³-hybridized carbons (Fsp3) is 0.800. The molecule has 0 aliphatic carbocycles. The highest BCUT2D eigenvalue weighted by Gasteiger charge is 2.23. The molecule has 0 aliphatic rings. The summed E-state index contributed by atoms with van der Waals surface area (Å²) < 4.78 is 23.4. The van der Waals surface area contributed by atoms with E-state index in [4.69, 9.17) is 9.05 Å². The Labute approximate surface area is 459 Å². The number of phosphoric ester groups is 1. The lowest BCUT2D eigenvalue weighted by Gasteiger charge is -2.29. The van der Waals surface area contributed by atoms with Gasteiger partial charge in [-0.2, -0.15) is 0 Å². The molecule has 0 fully saturated rings. The number of nitrogens with one attached hydrogen (secondary N) is 1. The van der Waals surface area contributed by atoms with Crippen LogP contribution in [0.1, 0.15) is 284 Å². The topological polar surface area (TPSA) is 108 Å². The standard InChI is InChI=1S/C65H121N2O6P/c1-6-8-10-12-14-16-18-20-22-24-26-28-30-31-32-33-34-35-37-38-40-42-44-46-48-50-52-54-56-58-64(68)63(62-73-74(70,71)72-61-60-67(3,4)5)66-65(69)59-57-55-53-51-49-47-45-43-41-39-36-29-27-25-23-21-19-17-15-13-11-9-7-2/h9,11,15,17,21,23,27,29,48,50,56,58,63-64,68H,6-8,10,12-14,16,18-20,22,24-26,28,30-47,49,51-55,57,59-62H2,1-5H3,(H-,66,69,70,71)/b11-9-,17-15-,23-21-,29-27-,50-48+,58-56+. The van der Waals surface area contributed by atoms with Crippen molar-refractivity contribution in [3.63, 3.8) is 0 Å². The maximum absolute atomic E-state index is 13.0. The molecule has 0 heterocycles. The minimum Gasteiger partial charge on any atom is -0.756 e. The molecule has 0 saturated heterocycles. The highest BCUT2D eigenvalue weighted by Crippen LogP contribution is 2.38. The summed E-state index contributed by atoms with van der Waals surface area (Å²) in [6, 6.07) is -0.911. The van der Waals surface area contributed by atoms with Crippen LogP contribution >= 0.6 is 7.82 Å². The van der Waals surface area contributed by atoms with Gasteiger partial charge in [-0.3, -0.25) is 9.36 Å². The molecule has 0 aliphatic heterocycles. The Balaban J connectivity index is 4.19. The Kier molecular flexibility index (Phi) is 54.1. The molecule has 0 rings (SSSR count). The van der Waals surface area contributed by atoms with Crippen molar-refractivity contribution in [2.45, 2.75) is 296 Å². The van der Waals surface area contributed by atoms with E-state index in [1.165, 1.54) is 193 Å². The largest absolute Gasteiger partial charge is 0.756 e. The van der Waals surface area contributed by atoms with Gasteiger partial charge in [-0.05, 0) is 70.6 Å². The molecule has 3 unspecified atom stereocenters. The van der Waals surface area contributed by atoms with Crippen molar-refractivity contribution >= 4 is 13.7 Å². The number of carbonyl (C=O) groups is 1. The number of carbonyl (C=O) groups excluding carboxylic acids is 1. The number of hydrogen-bond acceptors (Lipinski definition) is 6. The van der Waals surface area contributed by atoms with Crippen molar-refractivity contribution in [3.8, 4) is 0 Å². The minimum atomic E-state index is -4.61. The zero-order valence-electron chi connectivity index (χ0n) is 49.3. The summed E-state index contributed by atoms with van der Waals surface area (Å²) in [5.74, 6) is -0.212. The van der Waals surface area contributed by atoms with Gasteiger partial charge in [0.05, 0.1) is 39.9 Å². The van der Waals surface area contributed by atoms with E-state index in [9.17, 15) is 19.4 Å². The predicted molar refractivity (Wildman–Crippen MR) is 320 cm³/mol. The Morgan fingerprint density at radius 1 is 0.486 bits per heavy atom. The smallest absolute Gasteiger partial charge is 0.268 e. The summed E-state index contributed by atoms with van der Waals surface area (Å²) in [7, 11) is 1.24. The van der Waals surface area contributed by atoms with Crippen LogP contribution in [-0.4, -0.2) is 68.5 Å². The number of phosphoric acid groups is 1. The summed E-state index contributed by atoms with van der Waals surface area (Å²) >= 11 is 0. The van der Waals surface area contributed by atoms with Gasteiger partial charge in [-0.25, -0.2) is 0 Å². The quantitative estimate of drug-likeness (QED) is 0.0272. The Morgan fingerprint density at radius 3 is 1.26 bits per heavy atom. The summed E-state index contributed by atoms with van der Waals surface area (Å²) in [4.78, 5) is 25.5. The maximum atomic E-state index is 13.0. The molecule has 0 bridgehead atoms. The normalized spacial score (nSPS) is 14.3. The zero-order valence-corrected chi connectivity index (χ0v) is 50.2. The Bertz CT molecular complexity index is 1430. The van der Waals surface area contributed by atoms with E-state index in [2.05, 4.69) is 79.9 Å². The third-order valence-corrected chi connectivity index (χ3v) is 14.9. The van der Waals surface area contributed by atoms with Crippen LogP contribution in [0, 0.1) is 0 Å². The molecular weight excluding hydrogens is 936 g/mol. The Morgan fingerprint density at radius 2 is 0.838 bits per heavy atom. The second-order valence-electron chi connectivity index (χ2n) is 22.4. The molecule has 0 spiro atoms. The van der Waals surface area contributed by atoms with E-state index in [0.717, 1.165) is 70.6 Å². The Hall–Kier alpha value is -2.06. The second kappa shape index (κ2) is 55.7. The summed E-state index contributed by atoms with van der Waals surface area (Å²) in [6.07, 6.45) is 77.2. The molecule has 8 nitrogen and oxygen atoms in total. The molecule has 9 heteroatoms. The van der Waals surface area contributed by atoms with Crippen molar-refractivity contribution in [1.82, 2.24) is 5.32 Å². The number of unbranched alkanes of at least 4 members (excludes halogenated alkanes) is 34. The van der Waals surface area contributed by atoms with Crippen molar-refractivity contribution in [2.24, 2.45) is 0 Å². The number of aliphatic hydroxyl groups excluding tert-OH is 1. The van der Waals surface area contributed by atoms with Crippen LogP contribution in [0.4, 0.5) is 0 Å². The zero-order chi connectivity index (χ0) is 54.2. The monoisotopic (exact) mass is 1060 g/mol. The van der Waals surface area contributed by atoms with Gasteiger partial charge in [0.2, 0.25) is 5.91 Å². The van der Waals surface area contributed by atoms with Crippen LogP contribution in [0.15, 0.2) is 72.9 Å². The minimum absolute atomic E-state index is 0.00974. The van der Waals surface area contributed by atoms with Gasteiger partial charge in [0, 0.05) is 6.42 Å². The van der Waals surface area contributed by atoms with E-state index < -0.39 is 26.6 Å². The highest BCUT2D eigenvalue weighted by molar-refractivity contribution is 7.45. The van der Waals surface area contributed by atoms with Gasteiger partial charge in [0.15, 0.2) is 0 Å². The van der Waals surface area contributed by atoms with Crippen molar-refractivity contribution in [1.29, 1.82) is 0 Å². The molecule has 432 valence electrons. The first-order valence-corrected chi connectivity index (χ1v) is 32.8. The number of allylic oxidation sites excluding steroid dienone is 11. The number of likely N-dealkylation sites (N-methyl/N-ethyl adjacent to an activating group) is 1. The lowest BCUT2D eigenvalue weighted by atomic mass is 10.0. The lowest BCUT2D eigenvalue weighted by molar-refractivity contribution is -0.870. The fourth-order valence-electron chi connectivity index (χ4n) is 9.05. The lowest BCUT2D eigenvalue weighted by Crippen LogP contribution is -2.45. The van der Waals surface area contributed by atoms with Crippen LogP contribution < -0.4 is 10.2 Å². The number of hydrogen-bond donors (Lipinski definition) is 2. The molecule has 0 aromatic carbocycles. The van der Waals surface area contributed by atoms with Crippen LogP contribution in [0.2, 0.25) is 0 Å². The molecule has 0 saturated carbocycles. The second-order valence-corrected chi connectivity index (χ2v) is 23.8. The summed E-state index contributed by atoms with van der Waals surface area (Å²) in [6.45, 7) is 4.54. The van der Waals surface area contributed by atoms with E-state index >= 15 is 0 Å². The average Bonchev–Trinajstić information content (AvgIpc) is 3.36. The van der Waals surface area contributed by atoms with E-state index in [0.29, 0.717) is 17.4 Å². The molecule has 0 aromatic heterocycles. The van der Waals surface area contributed by atoms with Crippen molar-refractivity contribution in [3.05, 3.63) is 72.9 Å². The van der Waals surface area contributed by atoms with Gasteiger partial charge in [0.1, 0.15) is 13.2 Å². The molecule has 3 atom stereocenters. The van der Waals surface area contributed by atoms with Gasteiger partial charge >= 0.3 is 0 Å². The van der Waals surface area contributed by atoms with E-state index in [1.54, 1.807) is 6.08 Å². The van der Waals surface area contributed by atoms with Crippen LogP contribution in [0.3, 0.4) is 0 Å². The number of rotatable bonds is 57. The summed E-state index contributed by atoms with van der Waals surface area (Å²) in [5.41, 5.74) is 0. The number of aliphatic hydroxyl groups is 1. The maximum Gasteiger partial charge on any atom is 0.268 e. The third kappa shape index (κ3) is 57.6. The third-order valence-electron chi connectivity index (χ3n) is 13.9. The number of quaternary nitrogens is 1. The number of amides is 1. The molecule has 2 N–H and O–H groups in total. The van der Waals surface area contributed by atoms with E-state index in [1.807, 2.05) is 27.2 Å². The molecule has 74 heavy (non-hydrogen) atoms. The number of nitrogens with zero attached hydrogens (tertiary/aromatic N) is 1. The summed E-state index contributed by atoms with van der Waals surface area (Å²) in [5, 5.41) is 13.9. The van der Waals surface area contributed by atoms with Gasteiger partial charge in [0.25, 0.3) is 7.82 Å². The van der Waals surface area contributed by atoms with Crippen LogP contribution in [0.25, 0.3) is 0 Å². The molecule has 0 aromatic rings. The average molecular weight is 1060 g/mol. The SMILES string of the molecule is CC/C=C\C/C=C\C/C=C\C/C=C\CCCCCCCCCCCCC(=O)NC(COP(=O)([O-])OCC[N+](C)(C)C)C(O)/C=C/CC/C=C/CCCCCCCCCCCCCCCCCCCCCCCCC. The first-order valence-electron chi connectivity index (χ1n) is 31.3. The highest BCUT2D eigenvalue weighted by atomic mass is 31.2.